The zero-order valence-electron chi connectivity index (χ0n) is 34.4. The SMILES string of the molecule is Fc1ccc2ccsc2c1.NC1C2CCN(CC2)C12CC2.O=C(CC1C2CCN(CC2)C12CC2)c1cc2ccc(F)cc2s1.O=C(Cl)c1cc2ccc(F)cc2s1.O=C=O.O=S(Cl)Cl. The molecule has 6 aliphatic heterocycles. The van der Waals surface area contributed by atoms with Crippen molar-refractivity contribution in [3.63, 3.8) is 0 Å². The number of ketones is 1. The van der Waals surface area contributed by atoms with Crippen LogP contribution in [-0.2, 0) is 18.8 Å². The van der Waals surface area contributed by atoms with Crippen molar-refractivity contribution in [2.24, 2.45) is 23.5 Å². The molecule has 2 aliphatic carbocycles. The van der Waals surface area contributed by atoms with Gasteiger partial charge in [-0.3, -0.25) is 19.4 Å². The third kappa shape index (κ3) is 11.4. The highest BCUT2D eigenvalue weighted by atomic mass is 36.0. The number of nitrogens with two attached hydrogens (primary N) is 1. The third-order valence-corrected chi connectivity index (χ3v) is 16.9. The zero-order chi connectivity index (χ0) is 45.8. The number of thiophene rings is 3. The largest absolute Gasteiger partial charge is 0.373 e. The molecule has 3 aromatic heterocycles. The number of carbonyl (C=O) groups excluding carboxylic acids is 4. The van der Waals surface area contributed by atoms with Gasteiger partial charge in [0.2, 0.25) is 9.23 Å². The molecule has 340 valence electrons. The Hall–Kier alpha value is -3.05. The minimum Gasteiger partial charge on any atom is -0.326 e. The molecule has 2 unspecified atom stereocenters. The molecule has 2 N–H and O–H groups in total. The molecular formula is C46H45Cl3F3N3O5S4. The summed E-state index contributed by atoms with van der Waals surface area (Å²) in [7, 11) is 7.36. The summed E-state index contributed by atoms with van der Waals surface area (Å²) in [6.45, 7) is 5.13. The van der Waals surface area contributed by atoms with Gasteiger partial charge in [0.1, 0.15) is 17.5 Å². The van der Waals surface area contributed by atoms with E-state index in [1.807, 2.05) is 17.5 Å². The molecule has 9 heterocycles. The second kappa shape index (κ2) is 21.3. The smallest absolute Gasteiger partial charge is 0.326 e. The predicted molar refractivity (Wildman–Crippen MR) is 253 cm³/mol. The van der Waals surface area contributed by atoms with Crippen molar-refractivity contribution < 1.29 is 36.6 Å². The Kier molecular flexibility index (Phi) is 16.2. The summed E-state index contributed by atoms with van der Waals surface area (Å²) in [5.74, 6) is 1.71. The minimum absolute atomic E-state index is 0.157. The molecule has 4 bridgehead atoms. The number of hydrogen-bond donors (Lipinski definition) is 1. The quantitative estimate of drug-likeness (QED) is 0.137. The molecule has 0 radical (unpaired) electrons. The number of fused-ring (bicyclic) bond motifs is 7. The van der Waals surface area contributed by atoms with Crippen LogP contribution in [-0.4, -0.2) is 74.5 Å². The maximum absolute atomic E-state index is 13.3. The van der Waals surface area contributed by atoms with Crippen LogP contribution in [0, 0.1) is 35.2 Å². The standard InChI is InChI=1S/C19H20FNOS.C9H4ClFOS.C9H16N2.C8H5FS.CO2.Cl2OS/c20-14-2-1-13-9-18(23-17(13)10-14)16(22)11-15-12-3-7-21(8-4-12)19(15)5-6-19;10-9(12)8-3-5-1-2-6(11)4-7(5)13-8;10-8-7-1-5-11(6-2-7)9(8)3-4-9;9-7-2-1-6-3-4-10-8(6)5-7;2-1-3;1-4(2)3/h1-2,9-10,12,15H,3-8,11H2;1-4H;7-8H,1-6,10H2;1-5H;;. The average molecular weight is 1010 g/mol. The molecular weight excluding hydrogens is 966 g/mol. The van der Waals surface area contributed by atoms with Gasteiger partial charge >= 0.3 is 6.15 Å². The summed E-state index contributed by atoms with van der Waals surface area (Å²) < 4.78 is 50.3. The van der Waals surface area contributed by atoms with Crippen LogP contribution >= 0.6 is 67.0 Å². The van der Waals surface area contributed by atoms with E-state index in [0.717, 1.165) is 47.0 Å². The lowest BCUT2D eigenvalue weighted by Crippen LogP contribution is -2.63. The minimum atomic E-state index is -1.67. The zero-order valence-corrected chi connectivity index (χ0v) is 40.0. The van der Waals surface area contributed by atoms with Crippen LogP contribution in [0.15, 0.2) is 78.2 Å². The lowest BCUT2D eigenvalue weighted by atomic mass is 9.70. The van der Waals surface area contributed by atoms with Crippen LogP contribution in [0.5, 0.6) is 0 Å². The van der Waals surface area contributed by atoms with E-state index in [4.69, 9.17) is 31.1 Å². The number of carbonyl (C=O) groups is 2. The van der Waals surface area contributed by atoms with Gasteiger partial charge in [-0.15, -0.1) is 34.0 Å². The topological polar surface area (TPSA) is 118 Å². The van der Waals surface area contributed by atoms with Crippen molar-refractivity contribution in [1.82, 2.24) is 9.80 Å². The van der Waals surface area contributed by atoms with Crippen LogP contribution in [0.1, 0.15) is 77.1 Å². The Balaban J connectivity index is 0.000000128. The molecule has 18 heteroatoms. The molecule has 6 saturated heterocycles. The van der Waals surface area contributed by atoms with Crippen molar-refractivity contribution in [3.05, 3.63) is 105 Å². The highest BCUT2D eigenvalue weighted by Crippen LogP contribution is 2.59. The van der Waals surface area contributed by atoms with Gasteiger partial charge in [-0.05, 0) is 183 Å². The van der Waals surface area contributed by atoms with Gasteiger partial charge in [0.15, 0.2) is 5.78 Å². The highest BCUT2D eigenvalue weighted by molar-refractivity contribution is 8.26. The fraction of sp³-hybridized carbons (Fsp3) is 0.413. The van der Waals surface area contributed by atoms with E-state index < -0.39 is 14.5 Å². The molecule has 14 rings (SSSR count). The van der Waals surface area contributed by atoms with E-state index in [0.29, 0.717) is 34.3 Å². The van der Waals surface area contributed by atoms with E-state index in [9.17, 15) is 22.8 Å². The Morgan fingerprint density at radius 1 is 0.688 bits per heavy atom. The van der Waals surface area contributed by atoms with E-state index >= 15 is 0 Å². The average Bonchev–Trinajstić information content (AvgIpc) is 4.06. The molecule has 3 aromatic carbocycles. The summed E-state index contributed by atoms with van der Waals surface area (Å²) in [5, 5.41) is 4.41. The third-order valence-electron chi connectivity index (χ3n) is 13.5. The Morgan fingerprint density at radius 3 is 1.59 bits per heavy atom. The van der Waals surface area contributed by atoms with E-state index in [1.165, 1.54) is 131 Å². The number of nitrogens with zero attached hydrogens (tertiary/aromatic N) is 2. The Labute approximate surface area is 397 Å². The van der Waals surface area contributed by atoms with Crippen molar-refractivity contribution in [2.75, 3.05) is 26.2 Å². The summed E-state index contributed by atoms with van der Waals surface area (Å²) in [5.41, 5.74) is 7.09. The molecule has 8 nitrogen and oxygen atoms in total. The van der Waals surface area contributed by atoms with Crippen molar-refractivity contribution >= 4 is 124 Å². The second-order valence-corrected chi connectivity index (χ2v) is 22.8. The van der Waals surface area contributed by atoms with E-state index in [-0.39, 0.29) is 29.4 Å². The summed E-state index contributed by atoms with van der Waals surface area (Å²) in [6.07, 6.45) is 11.5. The molecule has 6 aromatic rings. The molecule has 8 fully saturated rings. The van der Waals surface area contributed by atoms with Crippen LogP contribution in [0.3, 0.4) is 0 Å². The molecule has 0 amide bonds. The fourth-order valence-electron chi connectivity index (χ4n) is 10.2. The number of rotatable bonds is 4. The predicted octanol–water partition coefficient (Wildman–Crippen LogP) is 12.0. The normalized spacial score (nSPS) is 24.4. The highest BCUT2D eigenvalue weighted by Gasteiger charge is 2.60. The van der Waals surface area contributed by atoms with Gasteiger partial charge in [0.25, 0.3) is 5.24 Å². The van der Waals surface area contributed by atoms with E-state index in [2.05, 4.69) is 31.2 Å². The first-order valence-electron chi connectivity index (χ1n) is 20.9. The number of hydrogen-bond acceptors (Lipinski definition) is 11. The number of Topliss-reactive ketones (excluding diaryl/α,β-unsaturated/α-hetero) is 1. The Bertz CT molecular complexity index is 2660. The number of benzene rings is 3. The molecule has 2 spiro atoms. The van der Waals surface area contributed by atoms with Gasteiger partial charge in [0, 0.05) is 59.0 Å². The van der Waals surface area contributed by atoms with Gasteiger partial charge in [-0.25, -0.2) is 17.4 Å². The lowest BCUT2D eigenvalue weighted by molar-refractivity contribution is -0.191. The first-order chi connectivity index (χ1) is 30.7. The second-order valence-electron chi connectivity index (χ2n) is 16.8. The van der Waals surface area contributed by atoms with Gasteiger partial charge in [-0.2, -0.15) is 9.59 Å². The van der Waals surface area contributed by atoms with Crippen molar-refractivity contribution in [3.8, 4) is 0 Å². The van der Waals surface area contributed by atoms with Crippen LogP contribution in [0.2, 0.25) is 0 Å². The van der Waals surface area contributed by atoms with Crippen LogP contribution in [0.25, 0.3) is 30.3 Å². The summed E-state index contributed by atoms with van der Waals surface area (Å²) in [4.78, 5) is 46.4. The first-order valence-corrected chi connectivity index (χ1v) is 26.6. The summed E-state index contributed by atoms with van der Waals surface area (Å²) >= 11 is 9.50. The van der Waals surface area contributed by atoms with E-state index in [1.54, 1.807) is 41.7 Å². The lowest BCUT2D eigenvalue weighted by Gasteiger charge is -2.52. The van der Waals surface area contributed by atoms with Gasteiger partial charge < -0.3 is 5.73 Å². The van der Waals surface area contributed by atoms with Gasteiger partial charge in [-0.1, -0.05) is 18.2 Å². The maximum atomic E-state index is 13.3. The first kappa shape index (κ1) is 48.9. The van der Waals surface area contributed by atoms with Crippen molar-refractivity contribution in [1.29, 1.82) is 0 Å². The number of piperidine rings is 6. The molecule has 2 saturated carbocycles. The van der Waals surface area contributed by atoms with Crippen LogP contribution < -0.4 is 5.73 Å². The molecule has 64 heavy (non-hydrogen) atoms. The maximum Gasteiger partial charge on any atom is 0.373 e. The van der Waals surface area contributed by atoms with Gasteiger partial charge in [0.05, 0.1) is 9.75 Å². The monoisotopic (exact) mass is 1010 g/mol. The fourth-order valence-corrected chi connectivity index (χ4v) is 13.1. The summed E-state index contributed by atoms with van der Waals surface area (Å²) in [6, 6.07) is 20.1. The number of halogens is 6. The van der Waals surface area contributed by atoms with Crippen LogP contribution in [0.4, 0.5) is 13.2 Å². The van der Waals surface area contributed by atoms with Crippen molar-refractivity contribution in [2.45, 2.75) is 74.9 Å². The Morgan fingerprint density at radius 2 is 1.12 bits per heavy atom. The molecule has 8 aliphatic rings. The molecule has 2 atom stereocenters.